The van der Waals surface area contributed by atoms with E-state index in [1.165, 1.54) is 44.9 Å². The summed E-state index contributed by atoms with van der Waals surface area (Å²) >= 11 is 0. The molecule has 0 radical (unpaired) electrons. The van der Waals surface area contributed by atoms with Crippen molar-refractivity contribution in [1.29, 1.82) is 0 Å². The first-order chi connectivity index (χ1) is 15.1. The standard InChI is InChI=1S/C24H32N4O3/c29-23-16-22-26(17-24(30)28(22)31)20-10-6-7-11-21(20)27(23)19-12-14-25(15-13-19)18-8-4-2-1-3-5-9-18/h6-7,10-11,18-19H,1-5,8-9,12-17H2. The molecule has 1 aromatic rings. The van der Waals surface area contributed by atoms with Crippen molar-refractivity contribution in [2.45, 2.75) is 76.3 Å². The van der Waals surface area contributed by atoms with E-state index in [0.717, 1.165) is 37.3 Å². The van der Waals surface area contributed by atoms with Crippen LogP contribution in [-0.4, -0.2) is 59.0 Å². The Balaban J connectivity index is 1.35. The fraction of sp³-hybridized carbons (Fsp3) is 0.625. The molecule has 4 aliphatic rings. The molecule has 31 heavy (non-hydrogen) atoms. The van der Waals surface area contributed by atoms with E-state index < -0.39 is 5.91 Å². The number of piperidine rings is 1. The summed E-state index contributed by atoms with van der Waals surface area (Å²) in [5.41, 5.74) is 1.62. The SMILES string of the molecule is O=C1CC2=[N+]([O-])C(=O)CN2c2ccccc2N1C1CCN(C2CCCCCCC2)CC1. The minimum Gasteiger partial charge on any atom is -0.708 e. The lowest BCUT2D eigenvalue weighted by Crippen LogP contribution is -2.50. The van der Waals surface area contributed by atoms with Crippen LogP contribution >= 0.6 is 0 Å². The lowest BCUT2D eigenvalue weighted by molar-refractivity contribution is -0.375. The zero-order valence-electron chi connectivity index (χ0n) is 18.2. The summed E-state index contributed by atoms with van der Waals surface area (Å²) in [6, 6.07) is 8.52. The number of hydroxylamine groups is 1. The van der Waals surface area contributed by atoms with Gasteiger partial charge in [-0.3, -0.25) is 4.79 Å². The topological polar surface area (TPSA) is 69.9 Å². The van der Waals surface area contributed by atoms with Crippen molar-refractivity contribution in [3.05, 3.63) is 29.5 Å². The van der Waals surface area contributed by atoms with E-state index in [1.54, 1.807) is 4.90 Å². The first-order valence-electron chi connectivity index (χ1n) is 11.9. The molecule has 1 saturated heterocycles. The largest absolute Gasteiger partial charge is 0.708 e. The molecule has 0 N–H and O–H groups in total. The molecule has 1 aliphatic carbocycles. The van der Waals surface area contributed by atoms with Crippen molar-refractivity contribution < 1.29 is 14.3 Å². The van der Waals surface area contributed by atoms with Gasteiger partial charge in [-0.2, -0.15) is 4.74 Å². The third-order valence-electron chi connectivity index (χ3n) is 7.53. The van der Waals surface area contributed by atoms with E-state index in [2.05, 4.69) is 4.90 Å². The van der Waals surface area contributed by atoms with Crippen LogP contribution in [0.4, 0.5) is 11.4 Å². The number of anilines is 2. The molecule has 3 aliphatic heterocycles. The first kappa shape index (κ1) is 20.5. The van der Waals surface area contributed by atoms with Gasteiger partial charge in [0.05, 0.1) is 5.69 Å². The van der Waals surface area contributed by atoms with Crippen LogP contribution in [0.2, 0.25) is 0 Å². The zero-order valence-corrected chi connectivity index (χ0v) is 18.2. The molecule has 2 amide bonds. The Morgan fingerprint density at radius 3 is 2.19 bits per heavy atom. The second-order valence-electron chi connectivity index (χ2n) is 9.39. The molecule has 3 heterocycles. The van der Waals surface area contributed by atoms with Crippen molar-refractivity contribution in [2.75, 3.05) is 29.4 Å². The normalized spacial score (nSPS) is 24.6. The molecule has 5 rings (SSSR count). The number of carbonyl (C=O) groups excluding carboxylic acids is 2. The minimum atomic E-state index is -0.501. The molecule has 166 valence electrons. The highest BCUT2D eigenvalue weighted by molar-refractivity contribution is 6.19. The molecule has 0 bridgehead atoms. The Bertz CT molecular complexity index is 883. The Hall–Kier alpha value is -2.41. The number of nitrogens with zero attached hydrogens (tertiary/aromatic N) is 4. The fourth-order valence-electron chi connectivity index (χ4n) is 5.90. The molecule has 0 unspecified atom stereocenters. The minimum absolute atomic E-state index is 0.0110. The number of fused-ring (bicyclic) bond motifs is 3. The summed E-state index contributed by atoms with van der Waals surface area (Å²) in [5, 5.41) is 12.3. The molecule has 7 nitrogen and oxygen atoms in total. The molecule has 2 fully saturated rings. The zero-order chi connectivity index (χ0) is 21.4. The van der Waals surface area contributed by atoms with Gasteiger partial charge in [0.1, 0.15) is 6.42 Å². The van der Waals surface area contributed by atoms with Gasteiger partial charge in [0.15, 0.2) is 12.2 Å². The Labute approximate surface area is 183 Å². The number of carbonyl (C=O) groups is 2. The first-order valence-corrected chi connectivity index (χ1v) is 11.9. The number of para-hydroxylation sites is 2. The number of rotatable bonds is 2. The van der Waals surface area contributed by atoms with Crippen LogP contribution in [0.25, 0.3) is 0 Å². The summed E-state index contributed by atoms with van der Waals surface area (Å²) in [4.78, 5) is 31.6. The van der Waals surface area contributed by atoms with Gasteiger partial charge in [0.2, 0.25) is 5.91 Å². The summed E-state index contributed by atoms with van der Waals surface area (Å²) < 4.78 is 0.412. The molecular weight excluding hydrogens is 392 g/mol. The van der Waals surface area contributed by atoms with Gasteiger partial charge in [-0.05, 0) is 37.8 Å². The van der Waals surface area contributed by atoms with Crippen LogP contribution in [0.15, 0.2) is 24.3 Å². The number of hydrogen-bond acceptors (Lipinski definition) is 5. The van der Waals surface area contributed by atoms with Crippen LogP contribution in [0.1, 0.15) is 64.2 Å². The van der Waals surface area contributed by atoms with Crippen LogP contribution in [-0.2, 0) is 9.59 Å². The quantitative estimate of drug-likeness (QED) is 0.538. The van der Waals surface area contributed by atoms with E-state index in [-0.39, 0.29) is 30.8 Å². The Morgan fingerprint density at radius 1 is 0.839 bits per heavy atom. The molecule has 7 heteroatoms. The predicted octanol–water partition coefficient (Wildman–Crippen LogP) is 3.26. The van der Waals surface area contributed by atoms with Gasteiger partial charge in [0.25, 0.3) is 5.84 Å². The van der Waals surface area contributed by atoms with E-state index in [4.69, 9.17) is 0 Å². The van der Waals surface area contributed by atoms with Crippen molar-refractivity contribution in [1.82, 2.24) is 4.90 Å². The van der Waals surface area contributed by atoms with Gasteiger partial charge in [0, 0.05) is 25.2 Å². The van der Waals surface area contributed by atoms with Crippen molar-refractivity contribution >= 4 is 29.0 Å². The van der Waals surface area contributed by atoms with Crippen LogP contribution < -0.4 is 9.80 Å². The number of hydrogen-bond donors (Lipinski definition) is 0. The predicted molar refractivity (Wildman–Crippen MR) is 120 cm³/mol. The Kier molecular flexibility index (Phi) is 5.69. The molecule has 0 aromatic heterocycles. The monoisotopic (exact) mass is 424 g/mol. The number of amides is 2. The molecule has 0 spiro atoms. The second-order valence-corrected chi connectivity index (χ2v) is 9.39. The maximum absolute atomic E-state index is 13.3. The number of benzene rings is 1. The van der Waals surface area contributed by atoms with Gasteiger partial charge < -0.3 is 15.0 Å². The van der Waals surface area contributed by atoms with Crippen LogP contribution in [0.3, 0.4) is 0 Å². The molecule has 1 aromatic carbocycles. The maximum atomic E-state index is 13.3. The van der Waals surface area contributed by atoms with Crippen LogP contribution in [0, 0.1) is 5.21 Å². The van der Waals surface area contributed by atoms with Crippen molar-refractivity contribution in [3.8, 4) is 0 Å². The third-order valence-corrected chi connectivity index (χ3v) is 7.53. The van der Waals surface area contributed by atoms with Gasteiger partial charge in [-0.15, -0.1) is 0 Å². The van der Waals surface area contributed by atoms with E-state index in [9.17, 15) is 14.8 Å². The van der Waals surface area contributed by atoms with Gasteiger partial charge >= 0.3 is 5.91 Å². The van der Waals surface area contributed by atoms with Crippen molar-refractivity contribution in [2.24, 2.45) is 0 Å². The highest BCUT2D eigenvalue weighted by Gasteiger charge is 2.44. The summed E-state index contributed by atoms with van der Waals surface area (Å²) in [6.45, 7) is 2.05. The summed E-state index contributed by atoms with van der Waals surface area (Å²) in [5.74, 6) is -0.319. The molecular formula is C24H32N4O3. The molecule has 0 atom stereocenters. The van der Waals surface area contributed by atoms with Gasteiger partial charge in [-0.1, -0.05) is 44.2 Å². The average molecular weight is 425 g/mol. The highest BCUT2D eigenvalue weighted by Crippen LogP contribution is 2.38. The smallest absolute Gasteiger partial charge is 0.354 e. The maximum Gasteiger partial charge on any atom is 0.354 e. The summed E-state index contributed by atoms with van der Waals surface area (Å²) in [6.07, 6.45) is 11.3. The average Bonchev–Trinajstić information content (AvgIpc) is 2.96. The van der Waals surface area contributed by atoms with Gasteiger partial charge in [-0.25, -0.2) is 9.69 Å². The number of amidine groups is 1. The Morgan fingerprint density at radius 2 is 1.48 bits per heavy atom. The van der Waals surface area contributed by atoms with E-state index >= 15 is 0 Å². The van der Waals surface area contributed by atoms with Crippen molar-refractivity contribution in [3.63, 3.8) is 0 Å². The van der Waals surface area contributed by atoms with Crippen LogP contribution in [0.5, 0.6) is 0 Å². The second kappa shape index (κ2) is 8.61. The lowest BCUT2D eigenvalue weighted by atomic mass is 9.93. The van der Waals surface area contributed by atoms with E-state index in [0.29, 0.717) is 10.8 Å². The summed E-state index contributed by atoms with van der Waals surface area (Å²) in [7, 11) is 0. The fourth-order valence-corrected chi connectivity index (χ4v) is 5.90. The number of likely N-dealkylation sites (tertiary alicyclic amines) is 1. The highest BCUT2D eigenvalue weighted by atomic mass is 16.5. The third kappa shape index (κ3) is 3.84. The van der Waals surface area contributed by atoms with E-state index in [1.807, 2.05) is 29.2 Å². The molecule has 1 saturated carbocycles. The lowest BCUT2D eigenvalue weighted by Gasteiger charge is -2.41.